The summed E-state index contributed by atoms with van der Waals surface area (Å²) in [6.45, 7) is 6.35. The second kappa shape index (κ2) is 6.77. The number of para-hydroxylation sites is 1. The number of aromatic nitrogens is 2. The normalized spacial score (nSPS) is 16.0. The summed E-state index contributed by atoms with van der Waals surface area (Å²) in [5.41, 5.74) is 1.21. The van der Waals surface area contributed by atoms with E-state index in [0.29, 0.717) is 12.0 Å². The van der Waals surface area contributed by atoms with Gasteiger partial charge in [-0.1, -0.05) is 32.0 Å². The zero-order valence-corrected chi connectivity index (χ0v) is 13.4. The molecule has 0 amide bonds. The van der Waals surface area contributed by atoms with E-state index in [0.717, 1.165) is 37.6 Å². The molecule has 4 heteroatoms. The van der Waals surface area contributed by atoms with Crippen LogP contribution in [0.25, 0.3) is 0 Å². The lowest BCUT2D eigenvalue weighted by Crippen LogP contribution is -2.39. The Labute approximate surface area is 132 Å². The lowest BCUT2D eigenvalue weighted by atomic mass is 10.0. The molecule has 116 valence electrons. The fourth-order valence-electron chi connectivity index (χ4n) is 2.84. The van der Waals surface area contributed by atoms with E-state index in [1.807, 2.05) is 12.3 Å². The molecule has 1 aromatic heterocycles. The van der Waals surface area contributed by atoms with Gasteiger partial charge in [-0.2, -0.15) is 0 Å². The molecule has 1 N–H and O–H groups in total. The number of anilines is 2. The first-order valence-corrected chi connectivity index (χ1v) is 8.12. The second-order valence-corrected chi connectivity index (χ2v) is 6.20. The van der Waals surface area contributed by atoms with E-state index in [2.05, 4.69) is 59.4 Å². The van der Waals surface area contributed by atoms with Crippen molar-refractivity contribution in [3.63, 3.8) is 0 Å². The third-order valence-corrected chi connectivity index (χ3v) is 4.14. The summed E-state index contributed by atoms with van der Waals surface area (Å²) in [4.78, 5) is 11.4. The average molecular weight is 296 g/mol. The number of hydrogen-bond donors (Lipinski definition) is 1. The number of nitrogens with zero attached hydrogens (tertiary/aromatic N) is 3. The van der Waals surface area contributed by atoms with Gasteiger partial charge in [0.25, 0.3) is 0 Å². The SMILES string of the molecule is CC(C)c1nccc(N2CCC(Nc3ccccc3)CC2)n1. The molecule has 2 heterocycles. The van der Waals surface area contributed by atoms with Crippen molar-refractivity contribution < 1.29 is 0 Å². The third kappa shape index (κ3) is 3.56. The summed E-state index contributed by atoms with van der Waals surface area (Å²) in [7, 11) is 0. The van der Waals surface area contributed by atoms with Gasteiger partial charge in [-0.25, -0.2) is 9.97 Å². The summed E-state index contributed by atoms with van der Waals surface area (Å²) in [5, 5.41) is 3.62. The van der Waals surface area contributed by atoms with Gasteiger partial charge < -0.3 is 10.2 Å². The Morgan fingerprint density at radius 3 is 2.50 bits per heavy atom. The van der Waals surface area contributed by atoms with Crippen LogP contribution in [-0.4, -0.2) is 29.1 Å². The molecule has 0 spiro atoms. The first-order valence-electron chi connectivity index (χ1n) is 8.12. The molecule has 1 aliphatic heterocycles. The number of hydrogen-bond acceptors (Lipinski definition) is 4. The van der Waals surface area contributed by atoms with Gasteiger partial charge in [0.05, 0.1) is 0 Å². The molecule has 0 aliphatic carbocycles. The Morgan fingerprint density at radius 1 is 1.09 bits per heavy atom. The molecular formula is C18H24N4. The van der Waals surface area contributed by atoms with Crippen molar-refractivity contribution in [3.8, 4) is 0 Å². The number of rotatable bonds is 4. The molecule has 1 aromatic carbocycles. The van der Waals surface area contributed by atoms with Crippen molar-refractivity contribution in [2.45, 2.75) is 38.6 Å². The van der Waals surface area contributed by atoms with Gasteiger partial charge in [0, 0.05) is 36.9 Å². The molecule has 0 atom stereocenters. The van der Waals surface area contributed by atoms with E-state index >= 15 is 0 Å². The summed E-state index contributed by atoms with van der Waals surface area (Å²) in [6, 6.07) is 13.0. The quantitative estimate of drug-likeness (QED) is 0.934. The van der Waals surface area contributed by atoms with Gasteiger partial charge in [0.1, 0.15) is 11.6 Å². The van der Waals surface area contributed by atoms with Gasteiger partial charge in [-0.15, -0.1) is 0 Å². The second-order valence-electron chi connectivity index (χ2n) is 6.20. The Hall–Kier alpha value is -2.10. The van der Waals surface area contributed by atoms with E-state index in [1.165, 1.54) is 5.69 Å². The molecule has 0 unspecified atom stereocenters. The van der Waals surface area contributed by atoms with Crippen LogP contribution in [-0.2, 0) is 0 Å². The van der Waals surface area contributed by atoms with Crippen LogP contribution in [0.15, 0.2) is 42.6 Å². The number of piperidine rings is 1. The van der Waals surface area contributed by atoms with Crippen molar-refractivity contribution in [3.05, 3.63) is 48.4 Å². The molecule has 1 fully saturated rings. The predicted octanol–water partition coefficient (Wildman–Crippen LogP) is 3.68. The summed E-state index contributed by atoms with van der Waals surface area (Å²) in [6.07, 6.45) is 4.15. The first kappa shape index (κ1) is 14.8. The maximum absolute atomic E-state index is 4.70. The van der Waals surface area contributed by atoms with Gasteiger partial charge in [0.15, 0.2) is 0 Å². The molecule has 1 aliphatic rings. The van der Waals surface area contributed by atoms with Crippen molar-refractivity contribution >= 4 is 11.5 Å². The van der Waals surface area contributed by atoms with Crippen molar-refractivity contribution in [2.75, 3.05) is 23.3 Å². The minimum atomic E-state index is 0.372. The van der Waals surface area contributed by atoms with Crippen LogP contribution in [0.3, 0.4) is 0 Å². The summed E-state index contributed by atoms with van der Waals surface area (Å²) >= 11 is 0. The lowest BCUT2D eigenvalue weighted by molar-refractivity contribution is 0.522. The molecule has 0 bridgehead atoms. The van der Waals surface area contributed by atoms with E-state index in [4.69, 9.17) is 4.98 Å². The van der Waals surface area contributed by atoms with Crippen molar-refractivity contribution in [1.82, 2.24) is 9.97 Å². The molecule has 2 aromatic rings. The highest BCUT2D eigenvalue weighted by molar-refractivity contribution is 5.44. The highest BCUT2D eigenvalue weighted by Gasteiger charge is 2.20. The highest BCUT2D eigenvalue weighted by atomic mass is 15.2. The van der Waals surface area contributed by atoms with Crippen LogP contribution in [0.1, 0.15) is 38.4 Å². The predicted molar refractivity (Wildman–Crippen MR) is 91.4 cm³/mol. The lowest BCUT2D eigenvalue weighted by Gasteiger charge is -2.33. The van der Waals surface area contributed by atoms with Crippen LogP contribution < -0.4 is 10.2 Å². The minimum Gasteiger partial charge on any atom is -0.382 e. The van der Waals surface area contributed by atoms with Gasteiger partial charge in [-0.05, 0) is 31.0 Å². The fraction of sp³-hybridized carbons (Fsp3) is 0.444. The van der Waals surface area contributed by atoms with Crippen LogP contribution in [0, 0.1) is 0 Å². The fourth-order valence-corrected chi connectivity index (χ4v) is 2.84. The molecule has 0 saturated carbocycles. The first-order chi connectivity index (χ1) is 10.7. The smallest absolute Gasteiger partial charge is 0.133 e. The molecule has 22 heavy (non-hydrogen) atoms. The Kier molecular flexibility index (Phi) is 4.56. The average Bonchev–Trinajstić information content (AvgIpc) is 2.56. The topological polar surface area (TPSA) is 41.1 Å². The van der Waals surface area contributed by atoms with Crippen LogP contribution >= 0.6 is 0 Å². The molecule has 4 nitrogen and oxygen atoms in total. The Morgan fingerprint density at radius 2 is 1.82 bits per heavy atom. The molecule has 3 rings (SSSR count). The maximum atomic E-state index is 4.70. The molecular weight excluding hydrogens is 272 g/mol. The standard InChI is InChI=1S/C18H24N4/c1-14(2)18-19-11-8-17(21-18)22-12-9-16(10-13-22)20-15-6-4-3-5-7-15/h3-8,11,14,16,20H,9-10,12-13H2,1-2H3. The monoisotopic (exact) mass is 296 g/mol. The van der Waals surface area contributed by atoms with Crippen LogP contribution in [0.2, 0.25) is 0 Å². The largest absolute Gasteiger partial charge is 0.382 e. The third-order valence-electron chi connectivity index (χ3n) is 4.14. The van der Waals surface area contributed by atoms with Gasteiger partial charge in [-0.3, -0.25) is 0 Å². The maximum Gasteiger partial charge on any atom is 0.133 e. The molecule has 1 saturated heterocycles. The van der Waals surface area contributed by atoms with Gasteiger partial charge in [0.2, 0.25) is 0 Å². The van der Waals surface area contributed by atoms with E-state index in [9.17, 15) is 0 Å². The van der Waals surface area contributed by atoms with Crippen LogP contribution in [0.4, 0.5) is 11.5 Å². The summed E-state index contributed by atoms with van der Waals surface area (Å²) in [5.74, 6) is 2.37. The zero-order valence-electron chi connectivity index (χ0n) is 13.4. The minimum absolute atomic E-state index is 0.372. The molecule has 0 radical (unpaired) electrons. The van der Waals surface area contributed by atoms with E-state index in [1.54, 1.807) is 0 Å². The van der Waals surface area contributed by atoms with Crippen molar-refractivity contribution in [2.24, 2.45) is 0 Å². The number of benzene rings is 1. The summed E-state index contributed by atoms with van der Waals surface area (Å²) < 4.78 is 0. The number of nitrogens with one attached hydrogen (secondary N) is 1. The van der Waals surface area contributed by atoms with Crippen LogP contribution in [0.5, 0.6) is 0 Å². The van der Waals surface area contributed by atoms with Gasteiger partial charge >= 0.3 is 0 Å². The van der Waals surface area contributed by atoms with Crippen molar-refractivity contribution in [1.29, 1.82) is 0 Å². The highest BCUT2D eigenvalue weighted by Crippen LogP contribution is 2.21. The zero-order chi connectivity index (χ0) is 15.4. The Balaban J connectivity index is 1.58. The Bertz CT molecular complexity index is 589. The van der Waals surface area contributed by atoms with E-state index < -0.39 is 0 Å². The van der Waals surface area contributed by atoms with E-state index in [-0.39, 0.29) is 0 Å².